The summed E-state index contributed by atoms with van der Waals surface area (Å²) in [4.78, 5) is 37.6. The van der Waals surface area contributed by atoms with Crippen molar-refractivity contribution in [2.24, 2.45) is 11.1 Å². The minimum atomic E-state index is -1.27. The average Bonchev–Trinajstić information content (AvgIpc) is 3.14. The molecule has 3 rings (SSSR count). The molecule has 0 saturated carbocycles. The van der Waals surface area contributed by atoms with Crippen molar-refractivity contribution in [2.45, 2.75) is 39.4 Å². The Labute approximate surface area is 196 Å². The van der Waals surface area contributed by atoms with Crippen molar-refractivity contribution in [1.82, 2.24) is 20.4 Å². The van der Waals surface area contributed by atoms with Crippen molar-refractivity contribution in [1.29, 1.82) is 0 Å². The van der Waals surface area contributed by atoms with E-state index >= 15 is 0 Å². The number of hydrogen-bond acceptors (Lipinski definition) is 5. The lowest BCUT2D eigenvalue weighted by molar-refractivity contribution is -0.131. The molecule has 0 aliphatic carbocycles. The molecule has 0 spiro atoms. The normalized spacial score (nSPS) is 13.3. The number of para-hydroxylation sites is 1. The number of carbonyl (C=O) groups excluding carboxylic acids is 3. The number of nitrogens with zero attached hydrogens (tertiary/aromatic N) is 2. The summed E-state index contributed by atoms with van der Waals surface area (Å²) in [5, 5.41) is 19.4. The van der Waals surface area contributed by atoms with Crippen LogP contribution in [0.15, 0.2) is 48.5 Å². The Hall–Kier alpha value is -3.79. The molecule has 3 aromatic rings. The smallest absolute Gasteiger partial charge is 0.273 e. The second-order valence-corrected chi connectivity index (χ2v) is 9.07. The summed E-state index contributed by atoms with van der Waals surface area (Å²) in [6.45, 7) is 4.90. The van der Waals surface area contributed by atoms with Crippen LogP contribution in [0.4, 0.5) is 4.39 Å². The highest BCUT2D eigenvalue weighted by Crippen LogP contribution is 2.23. The number of hydrogen-bond donors (Lipinski definition) is 4. The predicted molar refractivity (Wildman–Crippen MR) is 124 cm³/mol. The van der Waals surface area contributed by atoms with E-state index in [1.807, 2.05) is 12.1 Å². The third-order valence-corrected chi connectivity index (χ3v) is 5.36. The molecule has 2 aromatic carbocycles. The van der Waals surface area contributed by atoms with E-state index in [1.165, 1.54) is 12.1 Å². The topological polar surface area (TPSA) is 139 Å². The number of amides is 3. The monoisotopic (exact) mass is 469 g/mol. The van der Waals surface area contributed by atoms with Gasteiger partial charge in [-0.1, -0.05) is 51.1 Å². The van der Waals surface area contributed by atoms with E-state index in [0.717, 1.165) is 5.56 Å². The van der Waals surface area contributed by atoms with Crippen LogP contribution >= 0.6 is 0 Å². The molecule has 0 aliphatic rings. The zero-order valence-electron chi connectivity index (χ0n) is 19.2. The van der Waals surface area contributed by atoms with Crippen LogP contribution in [0.5, 0.6) is 0 Å². The maximum absolute atomic E-state index is 13.3. The van der Waals surface area contributed by atoms with Gasteiger partial charge in [0, 0.05) is 5.39 Å². The standard InChI is InChI=1S/C24H28FN5O4/c1-24(2,3)20(23(34)27-17(13-31)21(26)32)28-22(33)19-16-6-4-5-7-18(16)30(29-19)12-14-8-10-15(25)11-9-14/h4-11,17,20,31H,12-13H2,1-3H3,(H2,26,32)(H,27,34)(H,28,33)/t17-,20-/m1/s1. The fraction of sp³-hybridized carbons (Fsp3) is 0.333. The van der Waals surface area contributed by atoms with Crippen LogP contribution in [0, 0.1) is 11.2 Å². The van der Waals surface area contributed by atoms with Gasteiger partial charge < -0.3 is 21.5 Å². The molecule has 10 heteroatoms. The lowest BCUT2D eigenvalue weighted by Crippen LogP contribution is -2.58. The van der Waals surface area contributed by atoms with Crippen LogP contribution in [0.2, 0.25) is 0 Å². The Kier molecular flexibility index (Phi) is 7.31. The number of aromatic nitrogens is 2. The maximum Gasteiger partial charge on any atom is 0.273 e. The molecule has 34 heavy (non-hydrogen) atoms. The Bertz CT molecular complexity index is 1200. The average molecular weight is 470 g/mol. The molecule has 0 fully saturated rings. The van der Waals surface area contributed by atoms with E-state index in [4.69, 9.17) is 5.73 Å². The van der Waals surface area contributed by atoms with Gasteiger partial charge in [-0.2, -0.15) is 5.10 Å². The number of aliphatic hydroxyl groups excluding tert-OH is 1. The van der Waals surface area contributed by atoms with Crippen LogP contribution in [0.3, 0.4) is 0 Å². The minimum Gasteiger partial charge on any atom is -0.394 e. The fourth-order valence-electron chi connectivity index (χ4n) is 3.52. The number of fused-ring (bicyclic) bond motifs is 1. The van der Waals surface area contributed by atoms with Crippen LogP contribution in [-0.2, 0) is 16.1 Å². The summed E-state index contributed by atoms with van der Waals surface area (Å²) < 4.78 is 14.9. The lowest BCUT2D eigenvalue weighted by Gasteiger charge is -2.31. The SMILES string of the molecule is CC(C)(C)[C@H](NC(=O)c1nn(Cc2ccc(F)cc2)c2ccccc12)C(=O)N[C@H](CO)C(N)=O. The van der Waals surface area contributed by atoms with Gasteiger partial charge in [0.1, 0.15) is 17.9 Å². The van der Waals surface area contributed by atoms with E-state index in [-0.39, 0.29) is 11.5 Å². The summed E-state index contributed by atoms with van der Waals surface area (Å²) in [7, 11) is 0. The van der Waals surface area contributed by atoms with Crippen LogP contribution < -0.4 is 16.4 Å². The number of primary amides is 1. The molecule has 2 atom stereocenters. The molecule has 1 aromatic heterocycles. The number of carbonyl (C=O) groups is 3. The second-order valence-electron chi connectivity index (χ2n) is 9.07. The number of benzene rings is 2. The first kappa shape index (κ1) is 24.8. The molecule has 3 amide bonds. The van der Waals surface area contributed by atoms with Gasteiger partial charge >= 0.3 is 0 Å². The van der Waals surface area contributed by atoms with Crippen LogP contribution in [0.25, 0.3) is 10.9 Å². The lowest BCUT2D eigenvalue weighted by atomic mass is 9.85. The third-order valence-electron chi connectivity index (χ3n) is 5.36. The number of aliphatic hydroxyl groups is 1. The van der Waals surface area contributed by atoms with Crippen LogP contribution in [0.1, 0.15) is 36.8 Å². The highest BCUT2D eigenvalue weighted by Gasteiger charge is 2.35. The van der Waals surface area contributed by atoms with E-state index in [9.17, 15) is 23.9 Å². The first-order chi connectivity index (χ1) is 16.0. The quantitative estimate of drug-likeness (QED) is 0.394. The van der Waals surface area contributed by atoms with Gasteiger partial charge in [0.25, 0.3) is 5.91 Å². The zero-order valence-corrected chi connectivity index (χ0v) is 19.2. The highest BCUT2D eigenvalue weighted by atomic mass is 19.1. The Balaban J connectivity index is 1.90. The minimum absolute atomic E-state index is 0.119. The molecular weight excluding hydrogens is 441 g/mol. The Morgan fingerprint density at radius 3 is 2.32 bits per heavy atom. The van der Waals surface area contributed by atoms with Crippen molar-refractivity contribution in [3.8, 4) is 0 Å². The summed E-state index contributed by atoms with van der Waals surface area (Å²) in [5.74, 6) is -2.47. The van der Waals surface area contributed by atoms with Crippen LogP contribution in [-0.4, -0.2) is 51.3 Å². The maximum atomic E-state index is 13.3. The van der Waals surface area contributed by atoms with Gasteiger partial charge in [-0.3, -0.25) is 19.1 Å². The van der Waals surface area contributed by atoms with Gasteiger partial charge in [0.2, 0.25) is 11.8 Å². The summed E-state index contributed by atoms with van der Waals surface area (Å²) in [6.07, 6.45) is 0. The number of halogens is 1. The number of nitrogens with one attached hydrogen (secondary N) is 2. The second kappa shape index (κ2) is 10.0. The molecule has 5 N–H and O–H groups in total. The molecule has 0 unspecified atom stereocenters. The van der Waals surface area contributed by atoms with Crippen molar-refractivity contribution in [3.05, 3.63) is 65.6 Å². The predicted octanol–water partition coefficient (Wildman–Crippen LogP) is 1.33. The van der Waals surface area contributed by atoms with Gasteiger partial charge in [-0.15, -0.1) is 0 Å². The Morgan fingerprint density at radius 2 is 1.74 bits per heavy atom. The van der Waals surface area contributed by atoms with Gasteiger partial charge in [0.05, 0.1) is 18.7 Å². The first-order valence-corrected chi connectivity index (χ1v) is 10.7. The van der Waals surface area contributed by atoms with Crippen molar-refractivity contribution in [2.75, 3.05) is 6.61 Å². The van der Waals surface area contributed by atoms with E-state index in [2.05, 4.69) is 15.7 Å². The highest BCUT2D eigenvalue weighted by molar-refractivity contribution is 6.06. The van der Waals surface area contributed by atoms with Crippen molar-refractivity contribution >= 4 is 28.6 Å². The molecule has 0 bridgehead atoms. The van der Waals surface area contributed by atoms with E-state index in [1.54, 1.807) is 49.7 Å². The van der Waals surface area contributed by atoms with Gasteiger partial charge in [0.15, 0.2) is 5.69 Å². The summed E-state index contributed by atoms with van der Waals surface area (Å²) in [5.41, 5.74) is 6.08. The van der Waals surface area contributed by atoms with Gasteiger partial charge in [-0.25, -0.2) is 4.39 Å². The fourth-order valence-corrected chi connectivity index (χ4v) is 3.52. The Morgan fingerprint density at radius 1 is 1.09 bits per heavy atom. The molecule has 0 aliphatic heterocycles. The third kappa shape index (κ3) is 5.57. The van der Waals surface area contributed by atoms with E-state index < -0.39 is 41.8 Å². The molecule has 180 valence electrons. The van der Waals surface area contributed by atoms with Gasteiger partial charge in [-0.05, 0) is 29.2 Å². The van der Waals surface area contributed by atoms with E-state index in [0.29, 0.717) is 17.4 Å². The number of rotatable bonds is 8. The molecule has 0 radical (unpaired) electrons. The van der Waals surface area contributed by atoms with Crippen molar-refractivity contribution in [3.63, 3.8) is 0 Å². The summed E-state index contributed by atoms with van der Waals surface area (Å²) >= 11 is 0. The molecule has 1 heterocycles. The summed E-state index contributed by atoms with van der Waals surface area (Å²) in [6, 6.07) is 10.8. The molecular formula is C24H28FN5O4. The molecule has 0 saturated heterocycles. The van der Waals surface area contributed by atoms with Crippen molar-refractivity contribution < 1.29 is 23.9 Å². The first-order valence-electron chi connectivity index (χ1n) is 10.7. The number of nitrogens with two attached hydrogens (primary N) is 1. The largest absolute Gasteiger partial charge is 0.394 e. The molecule has 9 nitrogen and oxygen atoms in total. The zero-order chi connectivity index (χ0) is 25.0.